The number of fused-ring (bicyclic) bond motifs is 3. The number of rotatable bonds is 5. The van der Waals surface area contributed by atoms with Crippen molar-refractivity contribution in [3.63, 3.8) is 0 Å². The van der Waals surface area contributed by atoms with Crippen molar-refractivity contribution in [2.45, 2.75) is 13.3 Å². The van der Waals surface area contributed by atoms with Crippen LogP contribution in [0.1, 0.15) is 13.3 Å². The molecule has 6 aromatic rings. The molecule has 2 heteroatoms. The van der Waals surface area contributed by atoms with Crippen LogP contribution in [0.4, 0.5) is 11.4 Å². The van der Waals surface area contributed by atoms with Gasteiger partial charge in [-0.15, -0.1) is 0 Å². The molecule has 1 aliphatic carbocycles. The van der Waals surface area contributed by atoms with Crippen LogP contribution in [-0.2, 0) is 0 Å². The Kier molecular flexibility index (Phi) is 5.86. The van der Waals surface area contributed by atoms with Gasteiger partial charge in [-0.25, -0.2) is 0 Å². The molecule has 0 saturated heterocycles. The minimum atomic E-state index is 0.461. The van der Waals surface area contributed by atoms with Crippen molar-refractivity contribution in [3.05, 3.63) is 151 Å². The molecule has 39 heavy (non-hydrogen) atoms. The first-order valence-electron chi connectivity index (χ1n) is 13.7. The molecule has 1 aromatic heterocycles. The molecule has 0 amide bonds. The van der Waals surface area contributed by atoms with Crippen molar-refractivity contribution < 1.29 is 0 Å². The van der Waals surface area contributed by atoms with Crippen LogP contribution >= 0.6 is 0 Å². The lowest BCUT2D eigenvalue weighted by molar-refractivity contribution is 0.670. The van der Waals surface area contributed by atoms with Crippen LogP contribution in [0.2, 0.25) is 0 Å². The monoisotopic (exact) mass is 502 g/mol. The van der Waals surface area contributed by atoms with E-state index in [2.05, 4.69) is 162 Å². The highest BCUT2D eigenvalue weighted by Crippen LogP contribution is 2.37. The minimum absolute atomic E-state index is 0.461. The molecular formula is C37H30N2. The van der Waals surface area contributed by atoms with Crippen molar-refractivity contribution in [3.8, 4) is 16.8 Å². The fourth-order valence-electron chi connectivity index (χ4n) is 5.86. The van der Waals surface area contributed by atoms with Crippen LogP contribution < -0.4 is 4.90 Å². The molecule has 188 valence electrons. The molecule has 7 rings (SSSR count). The Hall–Kier alpha value is -4.82. The second-order valence-electron chi connectivity index (χ2n) is 10.3. The van der Waals surface area contributed by atoms with Gasteiger partial charge >= 0.3 is 0 Å². The molecule has 2 nitrogen and oxygen atoms in total. The molecule has 0 bridgehead atoms. The zero-order valence-corrected chi connectivity index (χ0v) is 22.0. The molecule has 0 fully saturated rings. The molecule has 0 saturated carbocycles. The normalized spacial score (nSPS) is 15.0. The van der Waals surface area contributed by atoms with Gasteiger partial charge in [0.05, 0.1) is 11.0 Å². The number of nitrogens with zero attached hydrogens (tertiary/aromatic N) is 2. The van der Waals surface area contributed by atoms with Crippen LogP contribution in [0.25, 0.3) is 38.6 Å². The van der Waals surface area contributed by atoms with Crippen molar-refractivity contribution in [1.29, 1.82) is 0 Å². The fourth-order valence-corrected chi connectivity index (χ4v) is 5.86. The molecule has 0 N–H and O–H groups in total. The average Bonchev–Trinajstić information content (AvgIpc) is 3.34. The molecule has 0 aliphatic heterocycles. The second kappa shape index (κ2) is 9.81. The van der Waals surface area contributed by atoms with E-state index in [1.165, 1.54) is 55.7 Å². The quantitative estimate of drug-likeness (QED) is 0.228. The topological polar surface area (TPSA) is 8.17 Å². The van der Waals surface area contributed by atoms with Crippen molar-refractivity contribution in [1.82, 2.24) is 4.57 Å². The Balaban J connectivity index is 1.24. The molecule has 1 aliphatic rings. The summed E-state index contributed by atoms with van der Waals surface area (Å²) in [4.78, 5) is 2.39. The smallest absolute Gasteiger partial charge is 0.0541 e. The summed E-state index contributed by atoms with van der Waals surface area (Å²) in [6.45, 7) is 2.30. The SMILES string of the molecule is CC1CC=CC=C1N(c1ccccc1)c1ccc(-c2ccc(-n3c4ccccc4c4ccccc43)cc2)cc1. The third kappa shape index (κ3) is 4.15. The van der Waals surface area contributed by atoms with Gasteiger partial charge in [-0.2, -0.15) is 0 Å². The number of para-hydroxylation sites is 3. The Morgan fingerprint density at radius 2 is 1.13 bits per heavy atom. The molecule has 1 heterocycles. The van der Waals surface area contributed by atoms with Crippen molar-refractivity contribution in [2.75, 3.05) is 4.90 Å². The van der Waals surface area contributed by atoms with Crippen LogP contribution in [0.5, 0.6) is 0 Å². The van der Waals surface area contributed by atoms with Gasteiger partial charge < -0.3 is 9.47 Å². The van der Waals surface area contributed by atoms with E-state index in [4.69, 9.17) is 0 Å². The van der Waals surface area contributed by atoms with Crippen LogP contribution in [-0.4, -0.2) is 4.57 Å². The predicted molar refractivity (Wildman–Crippen MR) is 166 cm³/mol. The van der Waals surface area contributed by atoms with Gasteiger partial charge in [0.1, 0.15) is 0 Å². The third-order valence-corrected chi connectivity index (χ3v) is 7.83. The molecule has 1 atom stereocenters. The second-order valence-corrected chi connectivity index (χ2v) is 10.3. The van der Waals surface area contributed by atoms with Crippen LogP contribution in [0.15, 0.2) is 151 Å². The largest absolute Gasteiger partial charge is 0.314 e. The maximum atomic E-state index is 2.39. The lowest BCUT2D eigenvalue weighted by Gasteiger charge is -2.32. The van der Waals surface area contributed by atoms with Crippen molar-refractivity contribution >= 4 is 33.2 Å². The van der Waals surface area contributed by atoms with Gasteiger partial charge in [0.2, 0.25) is 0 Å². The number of allylic oxidation sites excluding steroid dienone is 4. The van der Waals surface area contributed by atoms with E-state index in [9.17, 15) is 0 Å². The summed E-state index contributed by atoms with van der Waals surface area (Å²) in [7, 11) is 0. The Morgan fingerprint density at radius 1 is 0.590 bits per heavy atom. The first-order valence-corrected chi connectivity index (χ1v) is 13.7. The lowest BCUT2D eigenvalue weighted by Crippen LogP contribution is -2.22. The maximum absolute atomic E-state index is 2.39. The fraction of sp³-hybridized carbons (Fsp3) is 0.0811. The summed E-state index contributed by atoms with van der Waals surface area (Å²) in [5.41, 5.74) is 9.77. The summed E-state index contributed by atoms with van der Waals surface area (Å²) in [5, 5.41) is 2.57. The van der Waals surface area contributed by atoms with E-state index < -0.39 is 0 Å². The average molecular weight is 503 g/mol. The van der Waals surface area contributed by atoms with Gasteiger partial charge in [0.25, 0.3) is 0 Å². The standard InChI is InChI=1S/C37H30N2/c1-27-11-5-8-16-35(27)38(30-12-3-2-4-13-30)31-23-19-28(20-24-31)29-21-25-32(26-22-29)39-36-17-9-6-14-33(36)34-15-7-10-18-37(34)39/h2-10,12-27H,11H2,1H3. The van der Waals surface area contributed by atoms with Gasteiger partial charge in [0, 0.05) is 39.4 Å². The highest BCUT2D eigenvalue weighted by atomic mass is 15.2. The minimum Gasteiger partial charge on any atom is -0.314 e. The summed E-state index contributed by atoms with van der Waals surface area (Å²) in [6.07, 6.45) is 7.75. The van der Waals surface area contributed by atoms with E-state index in [0.717, 1.165) is 6.42 Å². The van der Waals surface area contributed by atoms with E-state index in [1.807, 2.05) is 0 Å². The number of hydrogen-bond donors (Lipinski definition) is 0. The number of benzene rings is 5. The van der Waals surface area contributed by atoms with E-state index in [0.29, 0.717) is 5.92 Å². The van der Waals surface area contributed by atoms with Crippen LogP contribution in [0.3, 0.4) is 0 Å². The maximum Gasteiger partial charge on any atom is 0.0541 e. The van der Waals surface area contributed by atoms with E-state index in [1.54, 1.807) is 0 Å². The molecule has 1 unspecified atom stereocenters. The van der Waals surface area contributed by atoms with Gasteiger partial charge in [-0.3, -0.25) is 0 Å². The Bertz CT molecular complexity index is 1770. The van der Waals surface area contributed by atoms with Gasteiger partial charge in [0.15, 0.2) is 0 Å². The highest BCUT2D eigenvalue weighted by Gasteiger charge is 2.20. The first kappa shape index (κ1) is 23.3. The van der Waals surface area contributed by atoms with Gasteiger partial charge in [-0.05, 0) is 72.2 Å². The zero-order valence-electron chi connectivity index (χ0n) is 22.0. The molecular weight excluding hydrogens is 472 g/mol. The Labute approximate surface area is 229 Å². The molecule has 0 radical (unpaired) electrons. The third-order valence-electron chi connectivity index (χ3n) is 7.83. The summed E-state index contributed by atoms with van der Waals surface area (Å²) in [5.74, 6) is 0.461. The van der Waals surface area contributed by atoms with Gasteiger partial charge in [-0.1, -0.05) is 97.9 Å². The predicted octanol–water partition coefficient (Wildman–Crippen LogP) is 10.1. The first-order chi connectivity index (χ1) is 19.3. The highest BCUT2D eigenvalue weighted by molar-refractivity contribution is 6.09. The number of hydrogen-bond acceptors (Lipinski definition) is 1. The van der Waals surface area contributed by atoms with E-state index in [-0.39, 0.29) is 0 Å². The zero-order chi connectivity index (χ0) is 26.2. The summed E-state index contributed by atoms with van der Waals surface area (Å²) < 4.78 is 2.36. The lowest BCUT2D eigenvalue weighted by atomic mass is 9.96. The Morgan fingerprint density at radius 3 is 1.74 bits per heavy atom. The van der Waals surface area contributed by atoms with E-state index >= 15 is 0 Å². The number of aromatic nitrogens is 1. The summed E-state index contributed by atoms with van der Waals surface area (Å²) >= 11 is 0. The van der Waals surface area contributed by atoms with Crippen LogP contribution in [0, 0.1) is 5.92 Å². The summed E-state index contributed by atoms with van der Waals surface area (Å²) in [6, 6.07) is 45.9. The molecule has 5 aromatic carbocycles. The van der Waals surface area contributed by atoms with Crippen molar-refractivity contribution in [2.24, 2.45) is 5.92 Å². The molecule has 0 spiro atoms. The number of anilines is 2.